The summed E-state index contributed by atoms with van der Waals surface area (Å²) >= 11 is 7.69. The van der Waals surface area contributed by atoms with Gasteiger partial charge in [-0.15, -0.1) is 0 Å². The van der Waals surface area contributed by atoms with Gasteiger partial charge in [0.1, 0.15) is 0 Å². The van der Waals surface area contributed by atoms with Gasteiger partial charge < -0.3 is 0 Å². The molecule has 0 aromatic heterocycles. The van der Waals surface area contributed by atoms with Crippen molar-refractivity contribution >= 4 is 64.2 Å². The lowest BCUT2D eigenvalue weighted by Crippen LogP contribution is -2.03. The largest absolute Gasteiger partial charge is 0.0586 e. The van der Waals surface area contributed by atoms with Crippen LogP contribution in [-0.4, -0.2) is 0 Å². The second-order valence-electron chi connectivity index (χ2n) is 7.25. The molecule has 0 aliphatic heterocycles. The van der Waals surface area contributed by atoms with Crippen molar-refractivity contribution in [1.82, 2.24) is 0 Å². The van der Waals surface area contributed by atoms with Crippen LogP contribution in [0, 0.1) is 0 Å². The molecule has 24 heavy (non-hydrogen) atoms. The quantitative estimate of drug-likeness (QED) is 0.273. The van der Waals surface area contributed by atoms with E-state index in [9.17, 15) is 0 Å². The molecule has 0 aliphatic rings. The summed E-state index contributed by atoms with van der Waals surface area (Å²) in [6, 6.07) is 13.5. The molecule has 0 heterocycles. The molecule has 4 aromatic carbocycles. The highest BCUT2D eigenvalue weighted by Gasteiger charge is 2.22. The van der Waals surface area contributed by atoms with E-state index in [1.807, 2.05) is 0 Å². The maximum atomic E-state index is 3.95. The maximum absolute atomic E-state index is 3.95. The fourth-order valence-electron chi connectivity index (χ4n) is 4.11. The third-order valence-corrected chi connectivity index (χ3v) is 6.61. The summed E-state index contributed by atoms with van der Waals surface area (Å²) in [5.74, 6) is 0.983. The first-order chi connectivity index (χ1) is 11.4. The Morgan fingerprint density at radius 3 is 1.88 bits per heavy atom. The number of hydrogen-bond acceptors (Lipinski definition) is 0. The standard InChI is InChI=1S/C22H20Br2/c1-11(2)18-15-9-8-14-17(23)10-6-13-5-7-16(21(15)20(13)14)22(24)19(18)12(3)4/h5-12H,1-4H3. The average molecular weight is 444 g/mol. The molecule has 0 radical (unpaired) electrons. The topological polar surface area (TPSA) is 0 Å². The zero-order valence-electron chi connectivity index (χ0n) is 14.4. The van der Waals surface area contributed by atoms with E-state index in [-0.39, 0.29) is 0 Å². The van der Waals surface area contributed by atoms with Gasteiger partial charge in [-0.25, -0.2) is 0 Å². The summed E-state index contributed by atoms with van der Waals surface area (Å²) in [5.41, 5.74) is 2.94. The van der Waals surface area contributed by atoms with Crippen LogP contribution >= 0.6 is 31.9 Å². The molecule has 0 saturated carbocycles. The van der Waals surface area contributed by atoms with Crippen LogP contribution in [0.5, 0.6) is 0 Å². The van der Waals surface area contributed by atoms with Crippen LogP contribution in [0.1, 0.15) is 50.7 Å². The average Bonchev–Trinajstić information content (AvgIpc) is 2.54. The third-order valence-electron chi connectivity index (χ3n) is 5.07. The second-order valence-corrected chi connectivity index (χ2v) is 8.89. The first-order valence-corrected chi connectivity index (χ1v) is 10.1. The van der Waals surface area contributed by atoms with Crippen LogP contribution in [0.15, 0.2) is 45.3 Å². The van der Waals surface area contributed by atoms with Gasteiger partial charge in [0.2, 0.25) is 0 Å². The van der Waals surface area contributed by atoms with E-state index in [1.54, 1.807) is 0 Å². The Morgan fingerprint density at radius 1 is 0.625 bits per heavy atom. The molecule has 4 aromatic rings. The van der Waals surface area contributed by atoms with Crippen molar-refractivity contribution in [3.05, 3.63) is 56.5 Å². The van der Waals surface area contributed by atoms with Gasteiger partial charge in [-0.1, -0.05) is 74.0 Å². The Morgan fingerprint density at radius 2 is 1.21 bits per heavy atom. The van der Waals surface area contributed by atoms with E-state index in [4.69, 9.17) is 0 Å². The third kappa shape index (κ3) is 2.16. The van der Waals surface area contributed by atoms with E-state index in [0.29, 0.717) is 11.8 Å². The van der Waals surface area contributed by atoms with E-state index in [2.05, 4.69) is 96.0 Å². The molecule has 0 aliphatic carbocycles. The highest BCUT2D eigenvalue weighted by atomic mass is 79.9. The molecule has 0 spiro atoms. The fourth-order valence-corrected chi connectivity index (χ4v) is 5.58. The van der Waals surface area contributed by atoms with Gasteiger partial charge in [-0.3, -0.25) is 0 Å². The first kappa shape index (κ1) is 16.4. The molecule has 0 nitrogen and oxygen atoms in total. The molecular formula is C22H20Br2. The summed E-state index contributed by atoms with van der Waals surface area (Å²) in [6.07, 6.45) is 0. The van der Waals surface area contributed by atoms with Crippen LogP contribution < -0.4 is 0 Å². The lowest BCUT2D eigenvalue weighted by atomic mass is 9.82. The Kier molecular flexibility index (Phi) is 3.89. The van der Waals surface area contributed by atoms with Crippen molar-refractivity contribution < 1.29 is 0 Å². The van der Waals surface area contributed by atoms with Gasteiger partial charge in [0.05, 0.1) is 0 Å². The summed E-state index contributed by atoms with van der Waals surface area (Å²) < 4.78 is 2.43. The molecule has 122 valence electrons. The first-order valence-electron chi connectivity index (χ1n) is 8.50. The molecule has 0 fully saturated rings. The molecule has 4 rings (SSSR count). The normalized spacial score (nSPS) is 12.5. The lowest BCUT2D eigenvalue weighted by molar-refractivity contribution is 0.795. The van der Waals surface area contributed by atoms with Crippen molar-refractivity contribution in [3.63, 3.8) is 0 Å². The summed E-state index contributed by atoms with van der Waals surface area (Å²) in [5, 5.41) is 8.11. The minimum atomic E-state index is 0.491. The van der Waals surface area contributed by atoms with Gasteiger partial charge in [0, 0.05) is 8.95 Å². The van der Waals surface area contributed by atoms with E-state index in [0.717, 1.165) is 0 Å². The van der Waals surface area contributed by atoms with Crippen molar-refractivity contribution in [2.24, 2.45) is 0 Å². The Hall–Kier alpha value is -1.12. The van der Waals surface area contributed by atoms with Crippen molar-refractivity contribution in [3.8, 4) is 0 Å². The van der Waals surface area contributed by atoms with Gasteiger partial charge in [0.15, 0.2) is 0 Å². The van der Waals surface area contributed by atoms with Gasteiger partial charge in [0.25, 0.3) is 0 Å². The highest BCUT2D eigenvalue weighted by Crippen LogP contribution is 2.46. The second kappa shape index (κ2) is 5.71. The SMILES string of the molecule is CC(C)c1c(Br)c2ccc3ccc(Br)c4ccc(c1C(C)C)c2c34. The summed E-state index contributed by atoms with van der Waals surface area (Å²) in [4.78, 5) is 0. The fraction of sp³-hybridized carbons (Fsp3) is 0.273. The van der Waals surface area contributed by atoms with Crippen molar-refractivity contribution in [1.29, 1.82) is 0 Å². The molecule has 0 bridgehead atoms. The Labute approximate surface area is 159 Å². The predicted molar refractivity (Wildman–Crippen MR) is 114 cm³/mol. The number of rotatable bonds is 2. The zero-order chi connectivity index (χ0) is 17.2. The van der Waals surface area contributed by atoms with Crippen LogP contribution in [-0.2, 0) is 0 Å². The monoisotopic (exact) mass is 442 g/mol. The molecule has 0 unspecified atom stereocenters. The molecule has 0 amide bonds. The maximum Gasteiger partial charge on any atom is 0.0291 e. The van der Waals surface area contributed by atoms with Gasteiger partial charge >= 0.3 is 0 Å². The molecule has 2 heteroatoms. The van der Waals surface area contributed by atoms with Gasteiger partial charge in [-0.05, 0) is 77.3 Å². The van der Waals surface area contributed by atoms with Crippen LogP contribution in [0.25, 0.3) is 32.3 Å². The minimum Gasteiger partial charge on any atom is -0.0586 e. The number of hydrogen-bond donors (Lipinski definition) is 0. The van der Waals surface area contributed by atoms with E-state index >= 15 is 0 Å². The van der Waals surface area contributed by atoms with Crippen LogP contribution in [0.2, 0.25) is 0 Å². The predicted octanol–water partition coefficient (Wildman–Crippen LogP) is 8.36. The van der Waals surface area contributed by atoms with E-state index < -0.39 is 0 Å². The van der Waals surface area contributed by atoms with Crippen LogP contribution in [0.4, 0.5) is 0 Å². The lowest BCUT2D eigenvalue weighted by Gasteiger charge is -2.24. The van der Waals surface area contributed by atoms with Crippen LogP contribution in [0.3, 0.4) is 0 Å². The Bertz CT molecular complexity index is 1070. The minimum absolute atomic E-state index is 0.491. The Balaban J connectivity index is 2.37. The number of benzene rings is 4. The van der Waals surface area contributed by atoms with Crippen molar-refractivity contribution in [2.75, 3.05) is 0 Å². The smallest absolute Gasteiger partial charge is 0.0291 e. The van der Waals surface area contributed by atoms with Crippen molar-refractivity contribution in [2.45, 2.75) is 39.5 Å². The number of halogens is 2. The zero-order valence-corrected chi connectivity index (χ0v) is 17.5. The summed E-state index contributed by atoms with van der Waals surface area (Å²) in [7, 11) is 0. The highest BCUT2D eigenvalue weighted by molar-refractivity contribution is 9.11. The van der Waals surface area contributed by atoms with Gasteiger partial charge in [-0.2, -0.15) is 0 Å². The summed E-state index contributed by atoms with van der Waals surface area (Å²) in [6.45, 7) is 9.20. The molecule has 0 atom stereocenters. The molecule has 0 N–H and O–H groups in total. The van der Waals surface area contributed by atoms with E-state index in [1.165, 1.54) is 52.4 Å². The molecular weight excluding hydrogens is 424 g/mol. The molecule has 0 saturated heterocycles.